The van der Waals surface area contributed by atoms with E-state index in [4.69, 9.17) is 0 Å². The van der Waals surface area contributed by atoms with Crippen molar-refractivity contribution in [3.05, 3.63) is 33.9 Å². The Balaban J connectivity index is 1.68. The Bertz CT molecular complexity index is 616. The Hall–Kier alpha value is -1.71. The zero-order chi connectivity index (χ0) is 14.8. The summed E-state index contributed by atoms with van der Waals surface area (Å²) in [4.78, 5) is 25.0. The number of nitrogens with zero attached hydrogens (tertiary/aromatic N) is 6. The van der Waals surface area contributed by atoms with Crippen LogP contribution in [0.3, 0.4) is 0 Å². The Kier molecular flexibility index (Phi) is 4.04. The molecule has 0 spiro atoms. The third-order valence-electron chi connectivity index (χ3n) is 3.50. The number of carbonyl (C=O) groups is 1. The standard InChI is InChI=1S/C13H15IN6O/c1-18-11(10(14)9-17-18)12(21)19-5-7-20(8-6-19)13-15-3-2-4-16-13/h2-4,9H,5-8H2,1H3. The van der Waals surface area contributed by atoms with E-state index in [1.54, 1.807) is 36.4 Å². The van der Waals surface area contributed by atoms with Crippen LogP contribution >= 0.6 is 22.6 Å². The van der Waals surface area contributed by atoms with E-state index in [1.807, 2.05) is 4.90 Å². The second kappa shape index (κ2) is 5.96. The van der Waals surface area contributed by atoms with Crippen LogP contribution in [0.25, 0.3) is 0 Å². The molecule has 1 amide bonds. The molecule has 1 aliphatic heterocycles. The molecule has 1 aliphatic rings. The Labute approximate surface area is 136 Å². The summed E-state index contributed by atoms with van der Waals surface area (Å²) < 4.78 is 2.52. The summed E-state index contributed by atoms with van der Waals surface area (Å²) in [5.74, 6) is 0.757. The second-order valence-corrected chi connectivity index (χ2v) is 5.95. The number of anilines is 1. The average molecular weight is 398 g/mol. The highest BCUT2D eigenvalue weighted by Gasteiger charge is 2.26. The minimum absolute atomic E-state index is 0.0352. The molecule has 0 atom stereocenters. The first-order valence-corrected chi connectivity index (χ1v) is 7.73. The van der Waals surface area contributed by atoms with Crippen molar-refractivity contribution in [1.29, 1.82) is 0 Å². The molecule has 2 aromatic heterocycles. The van der Waals surface area contributed by atoms with Crippen LogP contribution in [0.4, 0.5) is 5.95 Å². The lowest BCUT2D eigenvalue weighted by Gasteiger charge is -2.34. The molecule has 0 bridgehead atoms. The quantitative estimate of drug-likeness (QED) is 0.700. The van der Waals surface area contributed by atoms with Gasteiger partial charge in [0.05, 0.1) is 9.77 Å². The monoisotopic (exact) mass is 398 g/mol. The number of aryl methyl sites for hydroxylation is 1. The van der Waals surface area contributed by atoms with Gasteiger partial charge in [0.2, 0.25) is 5.95 Å². The van der Waals surface area contributed by atoms with E-state index in [9.17, 15) is 4.79 Å². The zero-order valence-electron chi connectivity index (χ0n) is 11.6. The summed E-state index contributed by atoms with van der Waals surface area (Å²) in [6.07, 6.45) is 5.18. The van der Waals surface area contributed by atoms with E-state index in [-0.39, 0.29) is 5.91 Å². The maximum Gasteiger partial charge on any atom is 0.273 e. The Morgan fingerprint density at radius 3 is 2.43 bits per heavy atom. The van der Waals surface area contributed by atoms with Crippen molar-refractivity contribution < 1.29 is 4.79 Å². The Morgan fingerprint density at radius 2 is 1.86 bits per heavy atom. The van der Waals surface area contributed by atoms with Crippen LogP contribution in [0.15, 0.2) is 24.7 Å². The lowest BCUT2D eigenvalue weighted by molar-refractivity contribution is 0.0734. The fourth-order valence-electron chi connectivity index (χ4n) is 2.37. The highest BCUT2D eigenvalue weighted by molar-refractivity contribution is 14.1. The molecular formula is C13H15IN6O. The largest absolute Gasteiger partial charge is 0.337 e. The predicted molar refractivity (Wildman–Crippen MR) is 86.1 cm³/mol. The normalized spacial score (nSPS) is 15.3. The summed E-state index contributed by atoms with van der Waals surface area (Å²) in [5, 5.41) is 4.13. The number of amides is 1. The molecule has 1 fully saturated rings. The number of carbonyl (C=O) groups excluding carboxylic acids is 1. The fourth-order valence-corrected chi connectivity index (χ4v) is 3.07. The zero-order valence-corrected chi connectivity index (χ0v) is 13.8. The van der Waals surface area contributed by atoms with Gasteiger partial charge in [-0.15, -0.1) is 0 Å². The van der Waals surface area contributed by atoms with Crippen LogP contribution in [-0.2, 0) is 7.05 Å². The lowest BCUT2D eigenvalue weighted by Crippen LogP contribution is -2.49. The molecule has 3 heterocycles. The van der Waals surface area contributed by atoms with Crippen molar-refractivity contribution in [1.82, 2.24) is 24.6 Å². The van der Waals surface area contributed by atoms with E-state index >= 15 is 0 Å². The fraction of sp³-hybridized carbons (Fsp3) is 0.385. The van der Waals surface area contributed by atoms with Crippen LogP contribution in [0, 0.1) is 3.57 Å². The molecule has 0 aromatic carbocycles. The second-order valence-electron chi connectivity index (χ2n) is 4.79. The third kappa shape index (κ3) is 2.85. The summed E-state index contributed by atoms with van der Waals surface area (Å²) in [5.41, 5.74) is 0.653. The molecule has 0 N–H and O–H groups in total. The molecule has 7 nitrogen and oxygen atoms in total. The van der Waals surface area contributed by atoms with Gasteiger partial charge in [-0.2, -0.15) is 5.10 Å². The van der Waals surface area contributed by atoms with Crippen LogP contribution < -0.4 is 4.90 Å². The third-order valence-corrected chi connectivity index (χ3v) is 4.29. The van der Waals surface area contributed by atoms with Gasteiger partial charge in [0.15, 0.2) is 0 Å². The van der Waals surface area contributed by atoms with E-state index in [0.29, 0.717) is 18.8 Å². The van der Waals surface area contributed by atoms with Gasteiger partial charge in [-0.1, -0.05) is 0 Å². The van der Waals surface area contributed by atoms with E-state index in [1.165, 1.54) is 0 Å². The number of aromatic nitrogens is 4. The van der Waals surface area contributed by atoms with Gasteiger partial charge in [-0.25, -0.2) is 9.97 Å². The van der Waals surface area contributed by atoms with E-state index in [0.717, 1.165) is 22.6 Å². The summed E-state index contributed by atoms with van der Waals surface area (Å²) in [7, 11) is 1.80. The number of hydrogen-bond donors (Lipinski definition) is 0. The van der Waals surface area contributed by atoms with Crippen molar-refractivity contribution in [3.63, 3.8) is 0 Å². The summed E-state index contributed by atoms with van der Waals surface area (Å²) in [6.45, 7) is 2.81. The SMILES string of the molecule is Cn1ncc(I)c1C(=O)N1CCN(c2ncccn2)CC1. The molecule has 0 radical (unpaired) electrons. The lowest BCUT2D eigenvalue weighted by atomic mass is 10.3. The van der Waals surface area contributed by atoms with Crippen molar-refractivity contribution in [3.8, 4) is 0 Å². The first-order valence-electron chi connectivity index (χ1n) is 6.65. The van der Waals surface area contributed by atoms with Gasteiger partial charge in [0.25, 0.3) is 5.91 Å². The van der Waals surface area contributed by atoms with Gasteiger partial charge in [-0.3, -0.25) is 9.48 Å². The number of piperazine rings is 1. The first-order chi connectivity index (χ1) is 10.2. The smallest absolute Gasteiger partial charge is 0.273 e. The van der Waals surface area contributed by atoms with Gasteiger partial charge >= 0.3 is 0 Å². The van der Waals surface area contributed by atoms with Crippen molar-refractivity contribution >= 4 is 34.4 Å². The van der Waals surface area contributed by atoms with Crippen LogP contribution in [0.1, 0.15) is 10.5 Å². The van der Waals surface area contributed by atoms with Gasteiger partial charge < -0.3 is 9.80 Å². The minimum atomic E-state index is 0.0352. The van der Waals surface area contributed by atoms with Crippen molar-refractivity contribution in [2.45, 2.75) is 0 Å². The molecular weight excluding hydrogens is 383 g/mol. The molecule has 0 saturated carbocycles. The van der Waals surface area contributed by atoms with Crippen LogP contribution in [0.5, 0.6) is 0 Å². The molecule has 3 rings (SSSR count). The summed E-state index contributed by atoms with van der Waals surface area (Å²) in [6, 6.07) is 1.80. The number of rotatable bonds is 2. The maximum absolute atomic E-state index is 12.6. The first kappa shape index (κ1) is 14.2. The van der Waals surface area contributed by atoms with Crippen molar-refractivity contribution in [2.75, 3.05) is 31.1 Å². The molecule has 0 aliphatic carbocycles. The predicted octanol–water partition coefficient (Wildman–Crippen LogP) is 0.777. The topological polar surface area (TPSA) is 67.2 Å². The van der Waals surface area contributed by atoms with Gasteiger partial charge in [0, 0.05) is 45.6 Å². The minimum Gasteiger partial charge on any atom is -0.337 e. The van der Waals surface area contributed by atoms with Gasteiger partial charge in [-0.05, 0) is 28.7 Å². The molecule has 1 saturated heterocycles. The van der Waals surface area contributed by atoms with E-state index < -0.39 is 0 Å². The number of hydrogen-bond acceptors (Lipinski definition) is 5. The molecule has 110 valence electrons. The van der Waals surface area contributed by atoms with E-state index in [2.05, 4.69) is 42.6 Å². The van der Waals surface area contributed by atoms with Gasteiger partial charge in [0.1, 0.15) is 5.69 Å². The van der Waals surface area contributed by atoms with Crippen molar-refractivity contribution in [2.24, 2.45) is 7.05 Å². The Morgan fingerprint density at radius 1 is 1.19 bits per heavy atom. The van der Waals surface area contributed by atoms with Crippen LogP contribution in [-0.4, -0.2) is 56.7 Å². The molecule has 8 heteroatoms. The maximum atomic E-state index is 12.6. The van der Waals surface area contributed by atoms with Crippen LogP contribution in [0.2, 0.25) is 0 Å². The molecule has 0 unspecified atom stereocenters. The highest BCUT2D eigenvalue weighted by atomic mass is 127. The summed E-state index contributed by atoms with van der Waals surface area (Å²) >= 11 is 2.14. The highest BCUT2D eigenvalue weighted by Crippen LogP contribution is 2.16. The average Bonchev–Trinajstić information content (AvgIpc) is 2.87. The molecule has 21 heavy (non-hydrogen) atoms. The number of halogens is 1. The molecule has 2 aromatic rings.